The maximum Gasteiger partial charge on any atom is 0.282 e. The number of aryl methyl sites for hydroxylation is 2. The number of carbonyl (C=O) groups is 1. The lowest BCUT2D eigenvalue weighted by molar-refractivity contribution is -0.113. The molecule has 3 aromatic rings. The lowest BCUT2D eigenvalue weighted by Gasteiger charge is -2.21. The number of nitrogens with zero attached hydrogens (tertiary/aromatic N) is 2. The third-order valence-corrected chi connectivity index (χ3v) is 4.89. The number of benzene rings is 3. The first kappa shape index (κ1) is 18.2. The van der Waals surface area contributed by atoms with Crippen LogP contribution in [0.3, 0.4) is 0 Å². The Labute approximate surface area is 169 Å². The minimum atomic E-state index is -0.146. The Kier molecular flexibility index (Phi) is 4.84. The highest BCUT2D eigenvalue weighted by molar-refractivity contribution is 6.33. The summed E-state index contributed by atoms with van der Waals surface area (Å²) in [4.78, 5) is 19.8. The van der Waals surface area contributed by atoms with Crippen LogP contribution < -0.4 is 4.90 Å². The van der Waals surface area contributed by atoms with Crippen LogP contribution in [-0.2, 0) is 4.79 Å². The van der Waals surface area contributed by atoms with Gasteiger partial charge in [0.1, 0.15) is 11.5 Å². The van der Waals surface area contributed by atoms with Gasteiger partial charge in [-0.05, 0) is 54.8 Å². The number of amides is 1. The van der Waals surface area contributed by atoms with E-state index in [0.29, 0.717) is 16.6 Å². The maximum absolute atomic E-state index is 13.4. The van der Waals surface area contributed by atoms with Crippen LogP contribution in [0.2, 0.25) is 5.02 Å². The molecule has 4 heteroatoms. The van der Waals surface area contributed by atoms with E-state index in [-0.39, 0.29) is 5.91 Å². The molecular formula is C24H19ClN2O. The van der Waals surface area contributed by atoms with Gasteiger partial charge in [-0.25, -0.2) is 4.99 Å². The smallest absolute Gasteiger partial charge is 0.266 e. The number of rotatable bonds is 3. The van der Waals surface area contributed by atoms with Gasteiger partial charge < -0.3 is 0 Å². The monoisotopic (exact) mass is 386 g/mol. The molecule has 3 aromatic carbocycles. The Morgan fingerprint density at radius 3 is 2.46 bits per heavy atom. The molecular weight excluding hydrogens is 368 g/mol. The zero-order chi connectivity index (χ0) is 19.7. The molecule has 28 heavy (non-hydrogen) atoms. The van der Waals surface area contributed by atoms with Crippen LogP contribution in [0.15, 0.2) is 83.5 Å². The van der Waals surface area contributed by atoms with Crippen molar-refractivity contribution in [2.75, 3.05) is 4.90 Å². The topological polar surface area (TPSA) is 32.7 Å². The number of carbonyl (C=O) groups excluding carboxylic acids is 1. The number of anilines is 1. The maximum atomic E-state index is 13.4. The predicted molar refractivity (Wildman–Crippen MR) is 116 cm³/mol. The van der Waals surface area contributed by atoms with Crippen molar-refractivity contribution >= 4 is 35.1 Å². The van der Waals surface area contributed by atoms with Gasteiger partial charge >= 0.3 is 0 Å². The normalized spacial score (nSPS) is 15.2. The SMILES string of the molecule is Cc1ccc(C)c(N2C(=O)C(=Cc3cccc(Cl)c3)N=C2c2ccccc2)c1. The summed E-state index contributed by atoms with van der Waals surface area (Å²) in [6, 6.07) is 23.3. The summed E-state index contributed by atoms with van der Waals surface area (Å²) in [5, 5.41) is 0.624. The van der Waals surface area contributed by atoms with Crippen molar-refractivity contribution in [1.82, 2.24) is 0 Å². The van der Waals surface area contributed by atoms with E-state index in [1.165, 1.54) is 0 Å². The Bertz CT molecular complexity index is 1120. The molecule has 0 aromatic heterocycles. The van der Waals surface area contributed by atoms with Gasteiger partial charge in [-0.15, -0.1) is 0 Å². The predicted octanol–water partition coefficient (Wildman–Crippen LogP) is 5.79. The molecule has 0 radical (unpaired) electrons. The third-order valence-electron chi connectivity index (χ3n) is 4.65. The summed E-state index contributed by atoms with van der Waals surface area (Å²) >= 11 is 6.09. The van der Waals surface area contributed by atoms with Crippen molar-refractivity contribution in [3.05, 3.63) is 106 Å². The van der Waals surface area contributed by atoms with Crippen molar-refractivity contribution < 1.29 is 4.79 Å². The fourth-order valence-electron chi connectivity index (χ4n) is 3.24. The molecule has 1 aliphatic heterocycles. The van der Waals surface area contributed by atoms with Gasteiger partial charge in [0.25, 0.3) is 5.91 Å². The zero-order valence-corrected chi connectivity index (χ0v) is 16.4. The number of hydrogen-bond acceptors (Lipinski definition) is 2. The molecule has 0 unspecified atom stereocenters. The van der Waals surface area contributed by atoms with E-state index in [9.17, 15) is 4.79 Å². The van der Waals surface area contributed by atoms with E-state index in [1.54, 1.807) is 17.0 Å². The molecule has 0 atom stereocenters. The van der Waals surface area contributed by atoms with Gasteiger partial charge in [-0.2, -0.15) is 0 Å². The first-order valence-electron chi connectivity index (χ1n) is 9.06. The number of hydrogen-bond donors (Lipinski definition) is 0. The fourth-order valence-corrected chi connectivity index (χ4v) is 3.43. The molecule has 0 saturated heterocycles. The molecule has 0 saturated carbocycles. The second-order valence-corrected chi connectivity index (χ2v) is 7.25. The lowest BCUT2D eigenvalue weighted by atomic mass is 10.1. The first-order chi connectivity index (χ1) is 13.5. The van der Waals surface area contributed by atoms with E-state index in [1.807, 2.05) is 80.6 Å². The van der Waals surface area contributed by atoms with Gasteiger partial charge in [-0.3, -0.25) is 9.69 Å². The lowest BCUT2D eigenvalue weighted by Crippen LogP contribution is -2.33. The largest absolute Gasteiger partial charge is 0.282 e. The number of aliphatic imine (C=N–C) groups is 1. The molecule has 0 N–H and O–H groups in total. The average molecular weight is 387 g/mol. The minimum absolute atomic E-state index is 0.146. The summed E-state index contributed by atoms with van der Waals surface area (Å²) < 4.78 is 0. The van der Waals surface area contributed by atoms with Crippen LogP contribution in [0.1, 0.15) is 22.3 Å². The van der Waals surface area contributed by atoms with E-state index in [0.717, 1.165) is 27.9 Å². The van der Waals surface area contributed by atoms with Crippen molar-refractivity contribution in [3.8, 4) is 0 Å². The molecule has 0 aliphatic carbocycles. The first-order valence-corrected chi connectivity index (χ1v) is 9.44. The van der Waals surface area contributed by atoms with Crippen LogP contribution in [0.5, 0.6) is 0 Å². The third kappa shape index (κ3) is 3.49. The highest BCUT2D eigenvalue weighted by Crippen LogP contribution is 2.31. The van der Waals surface area contributed by atoms with E-state index in [2.05, 4.69) is 0 Å². The van der Waals surface area contributed by atoms with Crippen LogP contribution in [0, 0.1) is 13.8 Å². The minimum Gasteiger partial charge on any atom is -0.266 e. The van der Waals surface area contributed by atoms with Gasteiger partial charge in [0, 0.05) is 10.6 Å². The molecule has 3 nitrogen and oxygen atoms in total. The summed E-state index contributed by atoms with van der Waals surface area (Å²) in [5.41, 5.74) is 5.09. The van der Waals surface area contributed by atoms with Crippen molar-refractivity contribution in [1.29, 1.82) is 0 Å². The molecule has 0 spiro atoms. The van der Waals surface area contributed by atoms with Gasteiger partial charge in [-0.1, -0.05) is 66.2 Å². The molecule has 1 aliphatic rings. The molecule has 4 rings (SSSR count). The number of amidine groups is 1. The van der Waals surface area contributed by atoms with Crippen LogP contribution in [0.25, 0.3) is 6.08 Å². The summed E-state index contributed by atoms with van der Waals surface area (Å²) in [7, 11) is 0. The second-order valence-electron chi connectivity index (χ2n) is 6.82. The standard InChI is InChI=1S/C24H19ClN2O/c1-16-11-12-17(2)22(13-16)27-23(19-8-4-3-5-9-19)26-21(24(27)28)15-18-7-6-10-20(25)14-18/h3-15H,1-2H3. The zero-order valence-electron chi connectivity index (χ0n) is 15.7. The van der Waals surface area contributed by atoms with E-state index in [4.69, 9.17) is 16.6 Å². The van der Waals surface area contributed by atoms with Gasteiger partial charge in [0.05, 0.1) is 5.69 Å². The Hall–Kier alpha value is -3.17. The van der Waals surface area contributed by atoms with Gasteiger partial charge in [0.15, 0.2) is 0 Å². The number of halogens is 1. The summed E-state index contributed by atoms with van der Waals surface area (Å²) in [5.74, 6) is 0.486. The second kappa shape index (κ2) is 7.45. The fraction of sp³-hybridized carbons (Fsp3) is 0.0833. The molecule has 0 fully saturated rings. The van der Waals surface area contributed by atoms with Crippen LogP contribution in [-0.4, -0.2) is 11.7 Å². The molecule has 1 amide bonds. The van der Waals surface area contributed by atoms with Crippen molar-refractivity contribution in [2.45, 2.75) is 13.8 Å². The Morgan fingerprint density at radius 1 is 0.929 bits per heavy atom. The molecule has 0 bridgehead atoms. The quantitative estimate of drug-likeness (QED) is 0.524. The Balaban J connectivity index is 1.87. The van der Waals surface area contributed by atoms with E-state index < -0.39 is 0 Å². The molecule has 138 valence electrons. The highest BCUT2D eigenvalue weighted by atomic mass is 35.5. The van der Waals surface area contributed by atoms with Gasteiger partial charge in [0.2, 0.25) is 0 Å². The highest BCUT2D eigenvalue weighted by Gasteiger charge is 2.33. The van der Waals surface area contributed by atoms with Crippen molar-refractivity contribution in [3.63, 3.8) is 0 Å². The molecule has 1 heterocycles. The Morgan fingerprint density at radius 2 is 1.71 bits per heavy atom. The van der Waals surface area contributed by atoms with Crippen LogP contribution >= 0.6 is 11.6 Å². The summed E-state index contributed by atoms with van der Waals surface area (Å²) in [6.45, 7) is 4.02. The van der Waals surface area contributed by atoms with Crippen LogP contribution in [0.4, 0.5) is 5.69 Å². The average Bonchev–Trinajstić information content (AvgIpc) is 3.01. The van der Waals surface area contributed by atoms with E-state index >= 15 is 0 Å². The summed E-state index contributed by atoms with van der Waals surface area (Å²) in [6.07, 6.45) is 1.78. The van der Waals surface area contributed by atoms with Crippen molar-refractivity contribution in [2.24, 2.45) is 4.99 Å².